The predicted molar refractivity (Wildman–Crippen MR) is 122 cm³/mol. The zero-order valence-corrected chi connectivity index (χ0v) is 18.0. The van der Waals surface area contributed by atoms with Crippen molar-refractivity contribution >= 4 is 5.65 Å². The van der Waals surface area contributed by atoms with Gasteiger partial charge in [-0.05, 0) is 37.4 Å². The number of pyridine rings is 2. The first-order chi connectivity index (χ1) is 15.2. The first kappa shape index (κ1) is 19.7. The van der Waals surface area contributed by atoms with Crippen molar-refractivity contribution in [2.24, 2.45) is 0 Å². The van der Waals surface area contributed by atoms with Gasteiger partial charge in [0.1, 0.15) is 11.4 Å². The van der Waals surface area contributed by atoms with E-state index in [9.17, 15) is 0 Å². The van der Waals surface area contributed by atoms with E-state index in [2.05, 4.69) is 62.8 Å². The fourth-order valence-corrected chi connectivity index (χ4v) is 4.42. The minimum atomic E-state index is 0.244. The molecule has 0 spiro atoms. The molecule has 31 heavy (non-hydrogen) atoms. The molecule has 1 aliphatic rings. The van der Waals surface area contributed by atoms with Crippen molar-refractivity contribution < 1.29 is 4.74 Å². The molecule has 1 fully saturated rings. The molecule has 0 amide bonds. The zero-order valence-electron chi connectivity index (χ0n) is 18.0. The highest BCUT2D eigenvalue weighted by Gasteiger charge is 2.28. The second-order valence-corrected chi connectivity index (χ2v) is 8.08. The van der Waals surface area contributed by atoms with Crippen molar-refractivity contribution in [3.8, 4) is 17.0 Å². The number of likely N-dealkylation sites (N-methyl/N-ethyl adjacent to an activating group) is 1. The first-order valence-electron chi connectivity index (χ1n) is 10.7. The van der Waals surface area contributed by atoms with Gasteiger partial charge in [0.05, 0.1) is 24.5 Å². The van der Waals surface area contributed by atoms with Crippen molar-refractivity contribution in [1.82, 2.24) is 24.2 Å². The Kier molecular flexibility index (Phi) is 5.40. The first-order valence-corrected chi connectivity index (χ1v) is 10.7. The number of ether oxygens (including phenoxy) is 1. The molecule has 4 aromatic rings. The lowest BCUT2D eigenvalue weighted by molar-refractivity contribution is 0.0880. The van der Waals surface area contributed by atoms with Gasteiger partial charge in [0, 0.05) is 55.9 Å². The second-order valence-electron chi connectivity index (χ2n) is 8.08. The van der Waals surface area contributed by atoms with Crippen LogP contribution in [0.2, 0.25) is 0 Å². The summed E-state index contributed by atoms with van der Waals surface area (Å²) < 4.78 is 7.75. The van der Waals surface area contributed by atoms with Gasteiger partial charge in [-0.3, -0.25) is 19.2 Å². The molecule has 0 bridgehead atoms. The third-order valence-electron chi connectivity index (χ3n) is 6.15. The molecule has 1 saturated heterocycles. The lowest BCUT2D eigenvalue weighted by atomic mass is 10.1. The van der Waals surface area contributed by atoms with Crippen LogP contribution in [0.3, 0.4) is 0 Å². The van der Waals surface area contributed by atoms with Crippen LogP contribution in [-0.2, 0) is 6.54 Å². The summed E-state index contributed by atoms with van der Waals surface area (Å²) in [5.41, 5.74) is 5.57. The molecule has 0 radical (unpaired) electrons. The molecule has 158 valence electrons. The van der Waals surface area contributed by atoms with Crippen LogP contribution in [0.5, 0.6) is 5.75 Å². The Labute approximate surface area is 182 Å². The number of aromatic nitrogens is 3. The van der Waals surface area contributed by atoms with Crippen molar-refractivity contribution in [1.29, 1.82) is 0 Å². The maximum absolute atomic E-state index is 5.56. The number of benzene rings is 1. The standard InChI is InChI=1S/C25H27N5O/c1-28-14-15-29(16-20-6-3-4-8-24(20)31-2)18-23(28)21-17-30-22(7-5-9-25(30)27-21)19-10-12-26-13-11-19/h3-13,17,23H,14-16,18H2,1-2H3/t23-/m1/s1. The van der Waals surface area contributed by atoms with E-state index in [0.717, 1.165) is 54.5 Å². The summed E-state index contributed by atoms with van der Waals surface area (Å²) in [6.07, 6.45) is 5.85. The number of nitrogens with zero attached hydrogens (tertiary/aromatic N) is 5. The van der Waals surface area contributed by atoms with E-state index in [1.54, 1.807) is 7.11 Å². The summed E-state index contributed by atoms with van der Waals surface area (Å²) in [6.45, 7) is 3.85. The Bertz CT molecular complexity index is 1170. The van der Waals surface area contributed by atoms with Crippen LogP contribution in [-0.4, -0.2) is 58.0 Å². The molecule has 3 aromatic heterocycles. The van der Waals surface area contributed by atoms with E-state index >= 15 is 0 Å². The number of imidazole rings is 1. The Morgan fingerprint density at radius 3 is 2.68 bits per heavy atom. The Morgan fingerprint density at radius 1 is 1.00 bits per heavy atom. The molecule has 0 unspecified atom stereocenters. The Hall–Kier alpha value is -3.22. The van der Waals surface area contributed by atoms with Gasteiger partial charge in [-0.1, -0.05) is 24.3 Å². The van der Waals surface area contributed by atoms with Crippen LogP contribution in [0.25, 0.3) is 16.9 Å². The molecule has 1 aliphatic heterocycles. The van der Waals surface area contributed by atoms with Gasteiger partial charge in [0.15, 0.2) is 0 Å². The number of hydrogen-bond donors (Lipinski definition) is 0. The summed E-state index contributed by atoms with van der Waals surface area (Å²) >= 11 is 0. The smallest absolute Gasteiger partial charge is 0.137 e. The van der Waals surface area contributed by atoms with Crippen LogP contribution in [0.15, 0.2) is 73.2 Å². The molecule has 0 saturated carbocycles. The van der Waals surface area contributed by atoms with Crippen molar-refractivity contribution in [3.63, 3.8) is 0 Å². The number of piperazine rings is 1. The number of methoxy groups -OCH3 is 1. The molecule has 6 heteroatoms. The van der Waals surface area contributed by atoms with Gasteiger partial charge in [-0.25, -0.2) is 4.98 Å². The zero-order chi connectivity index (χ0) is 21.2. The van der Waals surface area contributed by atoms with E-state index in [0.29, 0.717) is 0 Å². The highest BCUT2D eigenvalue weighted by Crippen LogP contribution is 2.28. The van der Waals surface area contributed by atoms with Crippen LogP contribution in [0.1, 0.15) is 17.3 Å². The number of hydrogen-bond acceptors (Lipinski definition) is 5. The minimum Gasteiger partial charge on any atom is -0.496 e. The maximum atomic E-state index is 5.56. The SMILES string of the molecule is COc1ccccc1CN1CCN(C)[C@@H](c2cn3c(-c4ccncc4)cccc3n2)C1. The summed E-state index contributed by atoms with van der Waals surface area (Å²) in [5.74, 6) is 0.952. The minimum absolute atomic E-state index is 0.244. The van der Waals surface area contributed by atoms with E-state index in [-0.39, 0.29) is 6.04 Å². The third kappa shape index (κ3) is 3.92. The Morgan fingerprint density at radius 2 is 1.84 bits per heavy atom. The molecule has 0 aliphatic carbocycles. The molecule has 1 atom stereocenters. The van der Waals surface area contributed by atoms with E-state index in [1.807, 2.05) is 36.7 Å². The van der Waals surface area contributed by atoms with Crippen molar-refractivity contribution in [3.05, 3.63) is 84.4 Å². The monoisotopic (exact) mass is 413 g/mol. The fraction of sp³-hybridized carbons (Fsp3) is 0.280. The topological polar surface area (TPSA) is 45.9 Å². The van der Waals surface area contributed by atoms with Crippen molar-refractivity contribution in [2.75, 3.05) is 33.8 Å². The molecule has 6 nitrogen and oxygen atoms in total. The average Bonchev–Trinajstić information content (AvgIpc) is 3.25. The van der Waals surface area contributed by atoms with Crippen LogP contribution in [0.4, 0.5) is 0 Å². The predicted octanol–water partition coefficient (Wildman–Crippen LogP) is 3.89. The fourth-order valence-electron chi connectivity index (χ4n) is 4.42. The third-order valence-corrected chi connectivity index (χ3v) is 6.15. The molecular weight excluding hydrogens is 386 g/mol. The van der Waals surface area contributed by atoms with Gasteiger partial charge >= 0.3 is 0 Å². The average molecular weight is 414 g/mol. The van der Waals surface area contributed by atoms with Crippen LogP contribution < -0.4 is 4.74 Å². The van der Waals surface area contributed by atoms with E-state index < -0.39 is 0 Å². The second kappa shape index (κ2) is 8.49. The van der Waals surface area contributed by atoms with E-state index in [4.69, 9.17) is 9.72 Å². The molecule has 1 aromatic carbocycles. The molecular formula is C25H27N5O. The van der Waals surface area contributed by atoms with Gasteiger partial charge in [0.25, 0.3) is 0 Å². The Balaban J connectivity index is 1.43. The van der Waals surface area contributed by atoms with Gasteiger partial charge < -0.3 is 4.74 Å². The maximum Gasteiger partial charge on any atom is 0.137 e. The summed E-state index contributed by atoms with van der Waals surface area (Å²) in [7, 11) is 3.93. The highest BCUT2D eigenvalue weighted by molar-refractivity contribution is 5.63. The number of para-hydroxylation sites is 1. The van der Waals surface area contributed by atoms with Crippen LogP contribution in [0, 0.1) is 0 Å². The van der Waals surface area contributed by atoms with Gasteiger partial charge in [-0.2, -0.15) is 0 Å². The number of fused-ring (bicyclic) bond motifs is 1. The van der Waals surface area contributed by atoms with Crippen LogP contribution >= 0.6 is 0 Å². The van der Waals surface area contributed by atoms with E-state index in [1.165, 1.54) is 5.56 Å². The quantitative estimate of drug-likeness (QED) is 0.497. The summed E-state index contributed by atoms with van der Waals surface area (Å²) in [6, 6.07) is 18.9. The largest absolute Gasteiger partial charge is 0.496 e. The highest BCUT2D eigenvalue weighted by atomic mass is 16.5. The lowest BCUT2D eigenvalue weighted by Crippen LogP contribution is -2.46. The van der Waals surface area contributed by atoms with Gasteiger partial charge in [0.2, 0.25) is 0 Å². The summed E-state index contributed by atoms with van der Waals surface area (Å²) in [4.78, 5) is 14.1. The van der Waals surface area contributed by atoms with Gasteiger partial charge in [-0.15, -0.1) is 0 Å². The molecule has 0 N–H and O–H groups in total. The lowest BCUT2D eigenvalue weighted by Gasteiger charge is -2.38. The normalized spacial score (nSPS) is 17.8. The summed E-state index contributed by atoms with van der Waals surface area (Å²) in [5, 5.41) is 0. The van der Waals surface area contributed by atoms with Crippen molar-refractivity contribution in [2.45, 2.75) is 12.6 Å². The number of rotatable bonds is 5. The molecule has 4 heterocycles. The molecule has 5 rings (SSSR count).